The Morgan fingerprint density at radius 2 is 2.09 bits per heavy atom. The lowest BCUT2D eigenvalue weighted by Crippen LogP contribution is -2.43. The molecule has 1 aliphatic rings. The molecule has 23 heavy (non-hydrogen) atoms. The fourth-order valence-corrected chi connectivity index (χ4v) is 2.84. The fraction of sp³-hybridized carbons (Fsp3) is 0.412. The minimum Gasteiger partial charge on any atom is -0.396 e. The van der Waals surface area contributed by atoms with Crippen molar-refractivity contribution in [1.82, 2.24) is 10.3 Å². The van der Waals surface area contributed by atoms with E-state index in [1.165, 1.54) is 0 Å². The van der Waals surface area contributed by atoms with Gasteiger partial charge in [0.1, 0.15) is 0 Å². The molecule has 0 aliphatic heterocycles. The van der Waals surface area contributed by atoms with Gasteiger partial charge < -0.3 is 20.7 Å². The molecular formula is C17H21N3O3. The van der Waals surface area contributed by atoms with E-state index in [0.29, 0.717) is 18.0 Å². The highest BCUT2D eigenvalue weighted by atomic mass is 16.3. The van der Waals surface area contributed by atoms with E-state index in [1.807, 2.05) is 25.1 Å². The average Bonchev–Trinajstić information content (AvgIpc) is 3.28. The van der Waals surface area contributed by atoms with E-state index >= 15 is 0 Å². The maximum absolute atomic E-state index is 12.0. The third-order valence-electron chi connectivity index (χ3n) is 4.17. The Morgan fingerprint density at radius 1 is 1.30 bits per heavy atom. The van der Waals surface area contributed by atoms with Crippen molar-refractivity contribution in [2.45, 2.75) is 32.2 Å². The molecule has 1 fully saturated rings. The first-order valence-electron chi connectivity index (χ1n) is 7.89. The number of aryl methyl sites for hydroxylation is 1. The van der Waals surface area contributed by atoms with Crippen molar-refractivity contribution < 1.29 is 14.7 Å². The molecule has 6 nitrogen and oxygen atoms in total. The maximum Gasteiger partial charge on any atom is 0.313 e. The van der Waals surface area contributed by atoms with Gasteiger partial charge in [-0.25, -0.2) is 0 Å². The summed E-state index contributed by atoms with van der Waals surface area (Å²) in [6.45, 7) is 1.97. The van der Waals surface area contributed by atoms with Crippen LogP contribution in [-0.2, 0) is 9.59 Å². The summed E-state index contributed by atoms with van der Waals surface area (Å²) in [6, 6.07) is 7.32. The number of benzene rings is 1. The van der Waals surface area contributed by atoms with Gasteiger partial charge in [-0.1, -0.05) is 0 Å². The smallest absolute Gasteiger partial charge is 0.313 e. The van der Waals surface area contributed by atoms with Gasteiger partial charge in [0.25, 0.3) is 0 Å². The van der Waals surface area contributed by atoms with Crippen LogP contribution in [0.25, 0.3) is 10.9 Å². The normalized spacial score (nSPS) is 15.4. The largest absolute Gasteiger partial charge is 0.396 e. The van der Waals surface area contributed by atoms with Crippen LogP contribution in [0.4, 0.5) is 5.69 Å². The minimum atomic E-state index is -0.680. The van der Waals surface area contributed by atoms with E-state index in [2.05, 4.69) is 15.6 Å². The van der Waals surface area contributed by atoms with E-state index in [9.17, 15) is 9.59 Å². The highest BCUT2D eigenvalue weighted by Gasteiger charge is 2.32. The molecule has 1 aromatic heterocycles. The van der Waals surface area contributed by atoms with Gasteiger partial charge in [-0.2, -0.15) is 0 Å². The topological polar surface area (TPSA) is 94.2 Å². The second kappa shape index (κ2) is 6.42. The Kier molecular flexibility index (Phi) is 4.34. The van der Waals surface area contributed by atoms with Crippen molar-refractivity contribution in [3.05, 3.63) is 30.0 Å². The second-order valence-electron chi connectivity index (χ2n) is 6.14. The first kappa shape index (κ1) is 15.6. The Hall–Kier alpha value is -2.34. The number of carbonyl (C=O) groups is 2. The highest BCUT2D eigenvalue weighted by molar-refractivity contribution is 6.39. The summed E-state index contributed by atoms with van der Waals surface area (Å²) in [5.41, 5.74) is 2.61. The molecule has 4 N–H and O–H groups in total. The minimum absolute atomic E-state index is 0.00652. The Labute approximate surface area is 134 Å². The summed E-state index contributed by atoms with van der Waals surface area (Å²) in [5, 5.41) is 15.4. The summed E-state index contributed by atoms with van der Waals surface area (Å²) >= 11 is 0. The van der Waals surface area contributed by atoms with E-state index in [-0.39, 0.29) is 12.6 Å². The third-order valence-corrected chi connectivity index (χ3v) is 4.17. The molecule has 0 saturated heterocycles. The zero-order valence-corrected chi connectivity index (χ0v) is 13.1. The first-order valence-corrected chi connectivity index (χ1v) is 7.89. The van der Waals surface area contributed by atoms with Crippen LogP contribution in [-0.4, -0.2) is 34.6 Å². The van der Waals surface area contributed by atoms with Crippen LogP contribution in [0.1, 0.15) is 25.0 Å². The van der Waals surface area contributed by atoms with Gasteiger partial charge in [-0.15, -0.1) is 0 Å². The standard InChI is InChI=1S/C17H21N3O3/c1-10-8-12-9-13(4-5-14(12)18-10)19-16(22)17(23)20-15(6-7-21)11-2-3-11/h4-5,8-9,11,15,18,21H,2-3,6-7H2,1H3,(H,19,22)(H,20,23). The summed E-state index contributed by atoms with van der Waals surface area (Å²) in [6.07, 6.45) is 2.56. The van der Waals surface area contributed by atoms with Gasteiger partial charge in [0.05, 0.1) is 0 Å². The molecule has 1 aliphatic carbocycles. The van der Waals surface area contributed by atoms with Crippen molar-refractivity contribution in [2.75, 3.05) is 11.9 Å². The Bertz CT molecular complexity index is 734. The van der Waals surface area contributed by atoms with Crippen LogP contribution in [0.5, 0.6) is 0 Å². The number of fused-ring (bicyclic) bond motifs is 1. The fourth-order valence-electron chi connectivity index (χ4n) is 2.84. The molecule has 1 heterocycles. The van der Waals surface area contributed by atoms with Gasteiger partial charge >= 0.3 is 11.8 Å². The predicted molar refractivity (Wildman–Crippen MR) is 88.0 cm³/mol. The molecule has 0 bridgehead atoms. The number of aliphatic hydroxyl groups is 1. The number of nitrogens with one attached hydrogen (secondary N) is 3. The summed E-state index contributed by atoms with van der Waals surface area (Å²) in [4.78, 5) is 27.3. The molecule has 3 rings (SSSR count). The van der Waals surface area contributed by atoms with Gasteiger partial charge in [-0.3, -0.25) is 9.59 Å². The second-order valence-corrected chi connectivity index (χ2v) is 6.14. The summed E-state index contributed by atoms with van der Waals surface area (Å²) in [7, 11) is 0. The molecule has 1 saturated carbocycles. The van der Waals surface area contributed by atoms with E-state index in [0.717, 1.165) is 29.4 Å². The SMILES string of the molecule is Cc1cc2cc(NC(=O)C(=O)NC(CCO)C3CC3)ccc2[nH]1. The number of aromatic amines is 1. The van der Waals surface area contributed by atoms with Crippen molar-refractivity contribution in [3.8, 4) is 0 Å². The van der Waals surface area contributed by atoms with Gasteiger partial charge in [0.2, 0.25) is 0 Å². The van der Waals surface area contributed by atoms with E-state index in [4.69, 9.17) is 5.11 Å². The van der Waals surface area contributed by atoms with Crippen LogP contribution in [0.15, 0.2) is 24.3 Å². The summed E-state index contributed by atoms with van der Waals surface area (Å²) < 4.78 is 0. The molecule has 122 valence electrons. The van der Waals surface area contributed by atoms with Gasteiger partial charge in [0, 0.05) is 34.9 Å². The monoisotopic (exact) mass is 315 g/mol. The quantitative estimate of drug-likeness (QED) is 0.632. The lowest BCUT2D eigenvalue weighted by Gasteiger charge is -2.16. The Balaban J connectivity index is 1.63. The zero-order chi connectivity index (χ0) is 16.4. The van der Waals surface area contributed by atoms with Crippen LogP contribution in [0.3, 0.4) is 0 Å². The number of aromatic nitrogens is 1. The Morgan fingerprint density at radius 3 is 2.78 bits per heavy atom. The summed E-state index contributed by atoms with van der Waals surface area (Å²) in [5.74, 6) is -0.945. The number of carbonyl (C=O) groups excluding carboxylic acids is 2. The third kappa shape index (κ3) is 3.71. The lowest BCUT2D eigenvalue weighted by atomic mass is 10.1. The van der Waals surface area contributed by atoms with Crippen molar-refractivity contribution in [2.24, 2.45) is 5.92 Å². The highest BCUT2D eigenvalue weighted by Crippen LogP contribution is 2.33. The number of hydrogen-bond acceptors (Lipinski definition) is 3. The number of amides is 2. The molecule has 1 atom stereocenters. The van der Waals surface area contributed by atoms with Gasteiger partial charge in [0.15, 0.2) is 0 Å². The number of H-pyrrole nitrogens is 1. The molecule has 0 radical (unpaired) electrons. The predicted octanol–water partition coefficient (Wildman–Crippen LogP) is 1.69. The van der Waals surface area contributed by atoms with E-state index in [1.54, 1.807) is 6.07 Å². The van der Waals surface area contributed by atoms with Crippen LogP contribution in [0.2, 0.25) is 0 Å². The zero-order valence-electron chi connectivity index (χ0n) is 13.1. The van der Waals surface area contributed by atoms with Crippen LogP contribution < -0.4 is 10.6 Å². The molecule has 0 spiro atoms. The molecular weight excluding hydrogens is 294 g/mol. The van der Waals surface area contributed by atoms with Crippen molar-refractivity contribution in [1.29, 1.82) is 0 Å². The maximum atomic E-state index is 12.0. The van der Waals surface area contributed by atoms with Crippen molar-refractivity contribution in [3.63, 3.8) is 0 Å². The first-order chi connectivity index (χ1) is 11.1. The number of rotatable bonds is 5. The number of hydrogen-bond donors (Lipinski definition) is 4. The van der Waals surface area contributed by atoms with Crippen molar-refractivity contribution >= 4 is 28.4 Å². The molecule has 1 aromatic carbocycles. The number of aliphatic hydroxyl groups excluding tert-OH is 1. The van der Waals surface area contributed by atoms with Gasteiger partial charge in [-0.05, 0) is 56.4 Å². The van der Waals surface area contributed by atoms with Crippen LogP contribution >= 0.6 is 0 Å². The molecule has 2 amide bonds. The molecule has 1 unspecified atom stereocenters. The molecule has 6 heteroatoms. The lowest BCUT2D eigenvalue weighted by molar-refractivity contribution is -0.136. The van der Waals surface area contributed by atoms with E-state index < -0.39 is 11.8 Å². The average molecular weight is 315 g/mol. The van der Waals surface area contributed by atoms with Crippen LogP contribution in [0, 0.1) is 12.8 Å². The molecule has 2 aromatic rings. The number of anilines is 1.